The van der Waals surface area contributed by atoms with Gasteiger partial charge in [0.05, 0.1) is 6.42 Å². The molecule has 0 aromatic heterocycles. The Morgan fingerprint density at radius 2 is 1.85 bits per heavy atom. The number of halogens is 3. The first kappa shape index (κ1) is 18.7. The van der Waals surface area contributed by atoms with Gasteiger partial charge in [-0.1, -0.05) is 33.1 Å². The molecule has 0 aromatic carbocycles. The zero-order valence-corrected chi connectivity index (χ0v) is 11.8. The smallest absolute Gasteiger partial charge is 0.391 e. The maximum atomic E-state index is 12.2. The summed E-state index contributed by atoms with van der Waals surface area (Å²) >= 11 is 0. The van der Waals surface area contributed by atoms with E-state index in [2.05, 4.69) is 0 Å². The number of unbranched alkanes of at least 4 members (excludes halogenated alkanes) is 1. The summed E-state index contributed by atoms with van der Waals surface area (Å²) < 4.78 is 36.6. The van der Waals surface area contributed by atoms with E-state index in [0.717, 1.165) is 25.7 Å². The van der Waals surface area contributed by atoms with Crippen LogP contribution in [0.3, 0.4) is 0 Å². The molecular weight excluding hydrogens is 275 g/mol. The Bertz CT molecular complexity index is 318. The fraction of sp³-hybridized carbons (Fsp3) is 0.846. The van der Waals surface area contributed by atoms with E-state index in [0.29, 0.717) is 0 Å². The van der Waals surface area contributed by atoms with E-state index in [-0.39, 0.29) is 12.3 Å². The molecule has 0 fully saturated rings. The van der Waals surface area contributed by atoms with Gasteiger partial charge in [-0.25, -0.2) is 4.79 Å². The molecule has 0 aromatic rings. The molecule has 7 heteroatoms. The lowest BCUT2D eigenvalue weighted by molar-refractivity contribution is -0.160. The Labute approximate surface area is 116 Å². The molecule has 0 aliphatic rings. The van der Waals surface area contributed by atoms with Crippen molar-refractivity contribution < 1.29 is 27.9 Å². The van der Waals surface area contributed by atoms with E-state index in [1.165, 1.54) is 0 Å². The summed E-state index contributed by atoms with van der Waals surface area (Å²) in [7, 11) is 0. The number of alkyl halides is 3. The van der Waals surface area contributed by atoms with Crippen molar-refractivity contribution in [1.82, 2.24) is 5.32 Å². The van der Waals surface area contributed by atoms with Crippen LogP contribution >= 0.6 is 0 Å². The zero-order chi connectivity index (χ0) is 15.8. The van der Waals surface area contributed by atoms with E-state index < -0.39 is 30.5 Å². The highest BCUT2D eigenvalue weighted by molar-refractivity contribution is 5.83. The molecule has 20 heavy (non-hydrogen) atoms. The molecule has 118 valence electrons. The lowest BCUT2D eigenvalue weighted by Crippen LogP contribution is -2.44. The summed E-state index contributed by atoms with van der Waals surface area (Å²) in [5.41, 5.74) is 0. The van der Waals surface area contributed by atoms with Gasteiger partial charge in [-0.3, -0.25) is 4.79 Å². The molecule has 2 unspecified atom stereocenters. The van der Waals surface area contributed by atoms with Crippen LogP contribution in [0.15, 0.2) is 0 Å². The highest BCUT2D eigenvalue weighted by atomic mass is 19.4. The van der Waals surface area contributed by atoms with Crippen molar-refractivity contribution in [2.24, 2.45) is 5.92 Å². The topological polar surface area (TPSA) is 66.4 Å². The Hall–Kier alpha value is -1.27. The minimum Gasteiger partial charge on any atom is -0.480 e. The van der Waals surface area contributed by atoms with Crippen LogP contribution in [0.1, 0.15) is 52.4 Å². The number of carbonyl (C=O) groups is 2. The van der Waals surface area contributed by atoms with Crippen molar-refractivity contribution in [3.63, 3.8) is 0 Å². The van der Waals surface area contributed by atoms with E-state index in [1.807, 2.05) is 19.2 Å². The van der Waals surface area contributed by atoms with Gasteiger partial charge in [-0.2, -0.15) is 13.2 Å². The molecule has 2 N–H and O–H groups in total. The van der Waals surface area contributed by atoms with Crippen LogP contribution in [0.2, 0.25) is 0 Å². The Kier molecular flexibility index (Phi) is 8.25. The number of amides is 1. The third-order valence-corrected chi connectivity index (χ3v) is 3.09. The molecular formula is C13H22F3NO3. The van der Waals surface area contributed by atoms with E-state index >= 15 is 0 Å². The molecule has 0 aliphatic heterocycles. The SMILES string of the molecule is CCCCC(CC)CC(=O)NC(CC(F)(F)F)C(=O)O. The van der Waals surface area contributed by atoms with Crippen molar-refractivity contribution >= 4 is 11.9 Å². The number of aliphatic carboxylic acids is 1. The molecule has 0 heterocycles. The quantitative estimate of drug-likeness (QED) is 0.687. The minimum absolute atomic E-state index is 0.0676. The van der Waals surface area contributed by atoms with Gasteiger partial charge in [0.2, 0.25) is 5.91 Å². The van der Waals surface area contributed by atoms with Gasteiger partial charge in [-0.05, 0) is 12.3 Å². The summed E-state index contributed by atoms with van der Waals surface area (Å²) in [6.07, 6.45) is -2.64. The van der Waals surface area contributed by atoms with Gasteiger partial charge in [0.15, 0.2) is 0 Å². The monoisotopic (exact) mass is 297 g/mol. The third-order valence-electron chi connectivity index (χ3n) is 3.09. The van der Waals surface area contributed by atoms with Crippen LogP contribution in [0.5, 0.6) is 0 Å². The Morgan fingerprint density at radius 1 is 1.25 bits per heavy atom. The second-order valence-corrected chi connectivity index (χ2v) is 4.90. The Balaban J connectivity index is 4.41. The largest absolute Gasteiger partial charge is 0.480 e. The van der Waals surface area contributed by atoms with Crippen LogP contribution in [-0.4, -0.2) is 29.2 Å². The Morgan fingerprint density at radius 3 is 2.25 bits per heavy atom. The first-order valence-electron chi connectivity index (χ1n) is 6.78. The maximum absolute atomic E-state index is 12.2. The summed E-state index contributed by atoms with van der Waals surface area (Å²) in [4.78, 5) is 22.4. The molecule has 4 nitrogen and oxygen atoms in total. The molecule has 2 atom stereocenters. The second-order valence-electron chi connectivity index (χ2n) is 4.90. The normalized spacial score (nSPS) is 14.7. The summed E-state index contributed by atoms with van der Waals surface area (Å²) in [5, 5.41) is 10.7. The first-order chi connectivity index (χ1) is 9.19. The van der Waals surface area contributed by atoms with Crippen molar-refractivity contribution in [2.45, 2.75) is 64.6 Å². The van der Waals surface area contributed by atoms with Gasteiger partial charge in [-0.15, -0.1) is 0 Å². The van der Waals surface area contributed by atoms with Gasteiger partial charge in [0.1, 0.15) is 6.04 Å². The van der Waals surface area contributed by atoms with Gasteiger partial charge >= 0.3 is 12.1 Å². The minimum atomic E-state index is -4.62. The lowest BCUT2D eigenvalue weighted by atomic mass is 9.95. The van der Waals surface area contributed by atoms with Gasteiger partial charge in [0, 0.05) is 6.42 Å². The molecule has 0 saturated heterocycles. The van der Waals surface area contributed by atoms with Crippen molar-refractivity contribution in [3.8, 4) is 0 Å². The number of hydrogen-bond donors (Lipinski definition) is 2. The predicted octanol–water partition coefficient (Wildman–Crippen LogP) is 3.11. The highest BCUT2D eigenvalue weighted by Crippen LogP contribution is 2.22. The fourth-order valence-electron chi connectivity index (χ4n) is 1.89. The molecule has 0 radical (unpaired) electrons. The third kappa shape index (κ3) is 8.77. The van der Waals surface area contributed by atoms with Crippen LogP contribution in [0, 0.1) is 5.92 Å². The maximum Gasteiger partial charge on any atom is 0.391 e. The number of carboxylic acid groups (broad SMARTS) is 1. The average Bonchev–Trinajstić information content (AvgIpc) is 2.31. The predicted molar refractivity (Wildman–Crippen MR) is 68.2 cm³/mol. The molecule has 0 bridgehead atoms. The van der Waals surface area contributed by atoms with E-state index in [4.69, 9.17) is 5.11 Å². The fourth-order valence-corrected chi connectivity index (χ4v) is 1.89. The number of rotatable bonds is 9. The molecule has 0 spiro atoms. The second kappa shape index (κ2) is 8.81. The van der Waals surface area contributed by atoms with Crippen LogP contribution in [0.25, 0.3) is 0 Å². The van der Waals surface area contributed by atoms with E-state index in [1.54, 1.807) is 0 Å². The van der Waals surface area contributed by atoms with Crippen LogP contribution in [-0.2, 0) is 9.59 Å². The van der Waals surface area contributed by atoms with Gasteiger partial charge < -0.3 is 10.4 Å². The molecule has 0 aliphatic carbocycles. The highest BCUT2D eigenvalue weighted by Gasteiger charge is 2.36. The van der Waals surface area contributed by atoms with Crippen LogP contribution < -0.4 is 5.32 Å². The number of hydrogen-bond acceptors (Lipinski definition) is 2. The lowest BCUT2D eigenvalue weighted by Gasteiger charge is -2.19. The van der Waals surface area contributed by atoms with Gasteiger partial charge in [0.25, 0.3) is 0 Å². The first-order valence-corrected chi connectivity index (χ1v) is 6.78. The summed E-state index contributed by atoms with van der Waals surface area (Å²) in [6.45, 7) is 3.91. The van der Waals surface area contributed by atoms with Crippen molar-refractivity contribution in [3.05, 3.63) is 0 Å². The number of carboxylic acids is 1. The molecule has 0 rings (SSSR count). The van der Waals surface area contributed by atoms with Crippen molar-refractivity contribution in [2.75, 3.05) is 0 Å². The number of nitrogens with one attached hydrogen (secondary N) is 1. The number of carbonyl (C=O) groups excluding carboxylic acids is 1. The van der Waals surface area contributed by atoms with Crippen molar-refractivity contribution in [1.29, 1.82) is 0 Å². The average molecular weight is 297 g/mol. The summed E-state index contributed by atoms with van der Waals surface area (Å²) in [6, 6.07) is -1.91. The zero-order valence-electron chi connectivity index (χ0n) is 11.8. The van der Waals surface area contributed by atoms with E-state index in [9.17, 15) is 22.8 Å². The standard InChI is InChI=1S/C13H22F3NO3/c1-3-5-6-9(4-2)7-11(18)17-10(12(19)20)8-13(14,15)16/h9-10H,3-8H2,1-2H3,(H,17,18)(H,19,20). The summed E-state index contributed by atoms with van der Waals surface area (Å²) in [5.74, 6) is -2.22. The van der Waals surface area contributed by atoms with Crippen LogP contribution in [0.4, 0.5) is 13.2 Å². The molecule has 1 amide bonds. The molecule has 0 saturated carbocycles.